The fraction of sp³-hybridized carbons (Fsp3) is 0.235. The lowest BCUT2D eigenvalue weighted by Gasteiger charge is -2.13. The monoisotopic (exact) mass is 359 g/mol. The first-order valence-corrected chi connectivity index (χ1v) is 6.98. The molecule has 2 rings (SSSR count). The van der Waals surface area contributed by atoms with Crippen LogP contribution in [0.2, 0.25) is 0 Å². The molecular formula is C17H17ClF3NO2. The number of carbonyl (C=O) groups excluding carboxylic acids is 1. The summed E-state index contributed by atoms with van der Waals surface area (Å²) in [7, 11) is 0. The molecule has 3 nitrogen and oxygen atoms in total. The molecule has 0 aliphatic rings. The van der Waals surface area contributed by atoms with Crippen LogP contribution in [0.3, 0.4) is 0 Å². The molecule has 0 aromatic heterocycles. The van der Waals surface area contributed by atoms with Crippen LogP contribution in [0, 0.1) is 0 Å². The molecule has 0 unspecified atom stereocenters. The molecule has 0 saturated carbocycles. The van der Waals surface area contributed by atoms with E-state index in [2.05, 4.69) is 4.74 Å². The molecule has 0 aliphatic heterocycles. The molecule has 0 fully saturated rings. The van der Waals surface area contributed by atoms with Crippen LogP contribution < -0.4 is 5.73 Å². The summed E-state index contributed by atoms with van der Waals surface area (Å²) in [6.07, 6.45) is -4.43. The van der Waals surface area contributed by atoms with Crippen molar-refractivity contribution in [2.75, 3.05) is 6.61 Å². The molecule has 0 aliphatic carbocycles. The van der Waals surface area contributed by atoms with E-state index in [1.807, 2.05) is 42.5 Å². The number of ether oxygens (including phenoxy) is 1. The predicted molar refractivity (Wildman–Crippen MR) is 87.8 cm³/mol. The number of carbonyl (C=O) groups is 1. The first kappa shape index (κ1) is 20.0. The summed E-state index contributed by atoms with van der Waals surface area (Å²) in [5, 5.41) is 0. The lowest BCUT2D eigenvalue weighted by Crippen LogP contribution is -2.36. The van der Waals surface area contributed by atoms with Crippen molar-refractivity contribution in [1.29, 1.82) is 0 Å². The lowest BCUT2D eigenvalue weighted by atomic mass is 10.0. The number of benzene rings is 2. The number of nitrogens with two attached hydrogens (primary N) is 1. The van der Waals surface area contributed by atoms with Crippen LogP contribution in [0.25, 0.3) is 11.1 Å². The molecule has 130 valence electrons. The van der Waals surface area contributed by atoms with Gasteiger partial charge in [0, 0.05) is 0 Å². The topological polar surface area (TPSA) is 52.3 Å². The van der Waals surface area contributed by atoms with Gasteiger partial charge in [-0.1, -0.05) is 54.6 Å². The number of hydrogen-bond acceptors (Lipinski definition) is 3. The molecule has 0 spiro atoms. The highest BCUT2D eigenvalue weighted by atomic mass is 35.5. The van der Waals surface area contributed by atoms with Gasteiger partial charge in [0.25, 0.3) is 0 Å². The maximum absolute atomic E-state index is 12.0. The lowest BCUT2D eigenvalue weighted by molar-refractivity contribution is -0.187. The van der Waals surface area contributed by atoms with Gasteiger partial charge in [-0.05, 0) is 23.1 Å². The van der Waals surface area contributed by atoms with Crippen molar-refractivity contribution in [3.05, 3.63) is 60.2 Å². The summed E-state index contributed by atoms with van der Waals surface area (Å²) >= 11 is 0. The van der Waals surface area contributed by atoms with Crippen molar-refractivity contribution in [2.45, 2.75) is 18.6 Å². The fourth-order valence-electron chi connectivity index (χ4n) is 2.06. The largest absolute Gasteiger partial charge is 0.455 e. The fourth-order valence-corrected chi connectivity index (χ4v) is 2.06. The Bertz CT molecular complexity index is 645. The Morgan fingerprint density at radius 1 is 1.00 bits per heavy atom. The maximum Gasteiger partial charge on any atom is 0.422 e. The van der Waals surface area contributed by atoms with Crippen LogP contribution in [-0.2, 0) is 16.0 Å². The van der Waals surface area contributed by atoms with Crippen molar-refractivity contribution in [2.24, 2.45) is 5.73 Å². The standard InChI is InChI=1S/C17H16F3NO2.ClH/c18-17(19,20)11-23-16(22)15(21)10-12-6-8-14(9-7-12)13-4-2-1-3-5-13;/h1-9,15H,10-11,21H2;1H/t15-;/m0./s1. The Kier molecular flexibility index (Phi) is 7.25. The first-order chi connectivity index (χ1) is 10.8. The maximum atomic E-state index is 12.0. The van der Waals surface area contributed by atoms with E-state index in [1.165, 1.54) is 0 Å². The quantitative estimate of drug-likeness (QED) is 0.827. The number of esters is 1. The van der Waals surface area contributed by atoms with Gasteiger partial charge in [0.05, 0.1) is 0 Å². The Hall–Kier alpha value is -2.05. The third-order valence-electron chi connectivity index (χ3n) is 3.20. The molecule has 2 N–H and O–H groups in total. The molecule has 2 aromatic rings. The highest BCUT2D eigenvalue weighted by molar-refractivity contribution is 5.85. The smallest absolute Gasteiger partial charge is 0.422 e. The van der Waals surface area contributed by atoms with Crippen LogP contribution in [0.15, 0.2) is 54.6 Å². The van der Waals surface area contributed by atoms with Gasteiger partial charge in [-0.3, -0.25) is 4.79 Å². The van der Waals surface area contributed by atoms with Crippen molar-refractivity contribution in [3.63, 3.8) is 0 Å². The van der Waals surface area contributed by atoms with Gasteiger partial charge in [0.2, 0.25) is 0 Å². The first-order valence-electron chi connectivity index (χ1n) is 6.98. The Morgan fingerprint density at radius 2 is 1.54 bits per heavy atom. The van der Waals surface area contributed by atoms with Gasteiger partial charge >= 0.3 is 12.1 Å². The second-order valence-corrected chi connectivity index (χ2v) is 5.10. The van der Waals surface area contributed by atoms with Gasteiger partial charge in [0.15, 0.2) is 6.61 Å². The number of hydrogen-bond donors (Lipinski definition) is 1. The summed E-state index contributed by atoms with van der Waals surface area (Å²) in [6.45, 7) is -1.62. The van der Waals surface area contributed by atoms with Crippen LogP contribution in [0.5, 0.6) is 0 Å². The average molecular weight is 360 g/mol. The van der Waals surface area contributed by atoms with Crippen molar-refractivity contribution in [3.8, 4) is 11.1 Å². The Morgan fingerprint density at radius 3 is 2.08 bits per heavy atom. The van der Waals surface area contributed by atoms with E-state index in [0.717, 1.165) is 16.7 Å². The zero-order valence-electron chi connectivity index (χ0n) is 12.6. The molecule has 2 aromatic carbocycles. The summed E-state index contributed by atoms with van der Waals surface area (Å²) < 4.78 is 40.1. The second-order valence-electron chi connectivity index (χ2n) is 5.10. The molecular weight excluding hydrogens is 343 g/mol. The van der Waals surface area contributed by atoms with Crippen LogP contribution in [0.4, 0.5) is 13.2 Å². The second kappa shape index (κ2) is 8.70. The Balaban J connectivity index is 0.00000288. The normalized spacial score (nSPS) is 12.2. The molecule has 0 bridgehead atoms. The zero-order chi connectivity index (χ0) is 16.9. The van der Waals surface area contributed by atoms with Crippen LogP contribution in [-0.4, -0.2) is 24.8 Å². The van der Waals surface area contributed by atoms with Gasteiger partial charge < -0.3 is 10.5 Å². The van der Waals surface area contributed by atoms with E-state index < -0.39 is 24.8 Å². The summed E-state index contributed by atoms with van der Waals surface area (Å²) in [5.41, 5.74) is 8.39. The van der Waals surface area contributed by atoms with Crippen molar-refractivity contribution >= 4 is 18.4 Å². The third kappa shape index (κ3) is 6.22. The van der Waals surface area contributed by atoms with E-state index in [-0.39, 0.29) is 18.8 Å². The molecule has 24 heavy (non-hydrogen) atoms. The SMILES string of the molecule is Cl.N[C@@H](Cc1ccc(-c2ccccc2)cc1)C(=O)OCC(F)(F)F. The van der Waals surface area contributed by atoms with E-state index >= 15 is 0 Å². The number of halogens is 4. The van der Waals surface area contributed by atoms with E-state index in [0.29, 0.717) is 0 Å². The molecule has 0 saturated heterocycles. The highest BCUT2D eigenvalue weighted by Crippen LogP contribution is 2.20. The number of rotatable bonds is 5. The van der Waals surface area contributed by atoms with E-state index in [4.69, 9.17) is 5.73 Å². The van der Waals surface area contributed by atoms with Gasteiger partial charge in [0.1, 0.15) is 6.04 Å². The van der Waals surface area contributed by atoms with E-state index in [1.54, 1.807) is 12.1 Å². The van der Waals surface area contributed by atoms with Crippen molar-refractivity contribution in [1.82, 2.24) is 0 Å². The van der Waals surface area contributed by atoms with Crippen LogP contribution in [0.1, 0.15) is 5.56 Å². The summed E-state index contributed by atoms with van der Waals surface area (Å²) in [5.74, 6) is -1.06. The van der Waals surface area contributed by atoms with Gasteiger partial charge in [-0.2, -0.15) is 13.2 Å². The zero-order valence-corrected chi connectivity index (χ0v) is 13.4. The average Bonchev–Trinajstić information content (AvgIpc) is 2.53. The molecule has 0 heterocycles. The minimum Gasteiger partial charge on any atom is -0.455 e. The highest BCUT2D eigenvalue weighted by Gasteiger charge is 2.30. The van der Waals surface area contributed by atoms with Crippen molar-refractivity contribution < 1.29 is 22.7 Å². The molecule has 7 heteroatoms. The van der Waals surface area contributed by atoms with Crippen LogP contribution >= 0.6 is 12.4 Å². The van der Waals surface area contributed by atoms with Gasteiger partial charge in [-0.25, -0.2) is 0 Å². The number of alkyl halides is 3. The van der Waals surface area contributed by atoms with E-state index in [9.17, 15) is 18.0 Å². The summed E-state index contributed by atoms with van der Waals surface area (Å²) in [6, 6.07) is 15.9. The molecule has 0 amide bonds. The minimum atomic E-state index is -4.55. The Labute approximate surface area is 144 Å². The third-order valence-corrected chi connectivity index (χ3v) is 3.20. The molecule has 0 radical (unpaired) electrons. The predicted octanol–water partition coefficient (Wildman–Crippen LogP) is 3.75. The minimum absolute atomic E-state index is 0. The van der Waals surface area contributed by atoms with Gasteiger partial charge in [-0.15, -0.1) is 12.4 Å². The molecule has 1 atom stereocenters. The summed E-state index contributed by atoms with van der Waals surface area (Å²) in [4.78, 5) is 11.4.